The monoisotopic (exact) mass is 1370 g/mol. The molecule has 32 heteroatoms. The number of hydrogen-bond acceptors (Lipinski definition) is 25. The lowest BCUT2D eigenvalue weighted by Gasteiger charge is -2.46. The van der Waals surface area contributed by atoms with Gasteiger partial charge in [0.1, 0.15) is 57.0 Å². The Morgan fingerprint density at radius 3 is 1.11 bits per heavy atom. The maximum Gasteiger partial charge on any atom is 0.534 e. The summed E-state index contributed by atoms with van der Waals surface area (Å²) in [7, 11) is 4.39. The fraction of sp³-hybridized carbons (Fsp3) is 0.400. The normalized spacial score (nSPS) is 27.3. The molecular formula is C65H67F3N6O22S. The lowest BCUT2D eigenvalue weighted by Crippen LogP contribution is -2.58. The molecule has 0 heterocycles. The number of amides is 3. The summed E-state index contributed by atoms with van der Waals surface area (Å²) < 4.78 is 66.8. The minimum absolute atomic E-state index is 0.0185. The van der Waals surface area contributed by atoms with Crippen molar-refractivity contribution in [2.75, 3.05) is 57.0 Å². The fourth-order valence-electron chi connectivity index (χ4n) is 15.5. The number of nitrogens with zero attached hydrogens (tertiary/aromatic N) is 3. The summed E-state index contributed by atoms with van der Waals surface area (Å²) in [6, 6.07) is 9.05. The molecule has 12 rings (SSSR count). The van der Waals surface area contributed by atoms with Gasteiger partial charge in [0.2, 0.25) is 17.3 Å². The quantitative estimate of drug-likeness (QED) is 0.0875. The number of nitrogens with two attached hydrogens (primary N) is 3. The van der Waals surface area contributed by atoms with Gasteiger partial charge >= 0.3 is 15.6 Å². The number of aliphatic hydroxyl groups excluding tert-OH is 6. The van der Waals surface area contributed by atoms with Crippen LogP contribution in [0.2, 0.25) is 0 Å². The first-order valence-corrected chi connectivity index (χ1v) is 31.4. The minimum Gasteiger partial charge on any atom is -0.508 e. The van der Waals surface area contributed by atoms with E-state index >= 15 is 0 Å². The van der Waals surface area contributed by atoms with E-state index in [9.17, 15) is 116 Å². The summed E-state index contributed by atoms with van der Waals surface area (Å²) in [5.74, 6) is -20.4. The molecule has 0 saturated heterocycles. The van der Waals surface area contributed by atoms with Gasteiger partial charge in [-0.3, -0.25) is 43.2 Å². The summed E-state index contributed by atoms with van der Waals surface area (Å²) in [6.07, 6.45) is -0.351. The zero-order valence-corrected chi connectivity index (χ0v) is 53.6. The standard InChI is InChI=1S/C22H21F3N2O9S.C22H24N2O6.C21H22N2O7/c1-27(2)11-3-4-13(36-37(34,35)22(23,24)25)15-10(11)6-8-5-9-7-12(28)16(20(26)32)19(31)21(9,33)18(30)14(8)17(15)29;1-9-4-5-13(24(2)3)12-7-10-6-11-8-14(25)17(21(23)29)20(28)22(11,30)19(27)16(10)18(26)15(9)12;1-23(2)11-3-4-12(24)15-10(11)6-8-5-9-7-13(25)16(20(22)29)19(28)21(9,30)18(27)14(8)17(15)26/h3-4,8-9,29,31,33H,5-7H2,1-2H3,(H2,26,32);4-5,10-11,26,28,30H,6-8H2,1-3H3,(H2,23,29);3-4,8-9,24,26,28,30H,5-7H2,1-2H3,(H2,22,29)/t8-,9+,21+;10-,11+,22+;8-,9+,21+/m111/s1. The van der Waals surface area contributed by atoms with E-state index in [2.05, 4.69) is 4.18 Å². The van der Waals surface area contributed by atoms with Crippen LogP contribution in [0, 0.1) is 42.4 Å². The number of Topliss-reactive ketones (excluding diaryl/α,β-unsaturated/α-hetero) is 6. The van der Waals surface area contributed by atoms with Crippen molar-refractivity contribution in [3.63, 3.8) is 0 Å². The van der Waals surface area contributed by atoms with Crippen molar-refractivity contribution in [1.82, 2.24) is 0 Å². The van der Waals surface area contributed by atoms with Crippen molar-refractivity contribution >= 4 is 96.9 Å². The molecule has 3 aromatic carbocycles. The van der Waals surface area contributed by atoms with Crippen molar-refractivity contribution in [3.05, 3.63) is 126 Å². The highest BCUT2D eigenvalue weighted by Gasteiger charge is 2.64. The third-order valence-corrected chi connectivity index (χ3v) is 20.9. The van der Waals surface area contributed by atoms with E-state index in [1.54, 1.807) is 20.2 Å². The average Bonchev–Trinajstić information content (AvgIpc) is 0.720. The molecule has 3 aromatic rings. The van der Waals surface area contributed by atoms with E-state index in [1.807, 2.05) is 57.0 Å². The number of aryl methyl sites for hydroxylation is 1. The van der Waals surface area contributed by atoms with E-state index in [0.717, 1.165) is 28.6 Å². The summed E-state index contributed by atoms with van der Waals surface area (Å²) in [5.41, 5.74) is 3.30. The van der Waals surface area contributed by atoms with Gasteiger partial charge in [-0.2, -0.15) is 21.6 Å². The summed E-state index contributed by atoms with van der Waals surface area (Å²) in [6.45, 7) is 1.82. The van der Waals surface area contributed by atoms with Gasteiger partial charge in [0.25, 0.3) is 17.7 Å². The number of fused-ring (bicyclic) bond motifs is 9. The predicted octanol–water partition coefficient (Wildman–Crippen LogP) is 2.60. The second-order valence-electron chi connectivity index (χ2n) is 26.0. The number of ketones is 6. The second-order valence-corrected chi connectivity index (χ2v) is 27.6. The number of carbonyl (C=O) groups excluding carboxylic acids is 9. The molecule has 0 radical (unpaired) electrons. The van der Waals surface area contributed by atoms with Crippen LogP contribution in [0.1, 0.15) is 77.5 Å². The third kappa shape index (κ3) is 10.4. The number of aliphatic hydroxyl groups is 9. The van der Waals surface area contributed by atoms with Gasteiger partial charge in [-0.25, -0.2) is 0 Å². The summed E-state index contributed by atoms with van der Waals surface area (Å²) in [5, 5.41) is 109. The number of benzene rings is 3. The van der Waals surface area contributed by atoms with Crippen LogP contribution in [0.5, 0.6) is 11.5 Å². The van der Waals surface area contributed by atoms with E-state index in [4.69, 9.17) is 17.2 Å². The molecule has 9 aliphatic carbocycles. The number of alkyl halides is 3. The van der Waals surface area contributed by atoms with Gasteiger partial charge in [0, 0.05) is 119 Å². The summed E-state index contributed by atoms with van der Waals surface area (Å²) >= 11 is 0. The molecule has 3 saturated carbocycles. The lowest BCUT2D eigenvalue weighted by atomic mass is 9.59. The number of carbonyl (C=O) groups is 9. The van der Waals surface area contributed by atoms with Crippen LogP contribution in [-0.2, 0) is 72.5 Å². The molecule has 0 aromatic heterocycles. The minimum atomic E-state index is -6.16. The molecule has 16 N–H and O–H groups in total. The van der Waals surface area contributed by atoms with Crippen molar-refractivity contribution in [2.45, 2.75) is 87.0 Å². The largest absolute Gasteiger partial charge is 0.534 e. The smallest absolute Gasteiger partial charge is 0.508 e. The van der Waals surface area contributed by atoms with E-state index < -0.39 is 189 Å². The highest BCUT2D eigenvalue weighted by atomic mass is 32.2. The number of rotatable bonds is 8. The zero-order valence-electron chi connectivity index (χ0n) is 52.8. The van der Waals surface area contributed by atoms with Crippen LogP contribution in [0.25, 0.3) is 17.3 Å². The first kappa shape index (κ1) is 69.8. The Morgan fingerprint density at radius 2 is 0.784 bits per heavy atom. The van der Waals surface area contributed by atoms with E-state index in [0.29, 0.717) is 23.2 Å². The average molecular weight is 1370 g/mol. The highest BCUT2D eigenvalue weighted by Crippen LogP contribution is 2.57. The SMILES string of the molecule is CN(C)c1ccc(O)c2c1C[C@H]1C[C@H]3CC(=O)C(C(N)=O)=C(O)[C@@]3(O)C(=O)C1=C2O.CN(C)c1ccc(OS(=O)(=O)C(F)(F)F)c2c1C[C@H]1C[C@H]3CC(=O)C(C(N)=O)=C(O)[C@@]3(O)C(=O)C1=C2O.Cc1ccc(N(C)C)c2c1C(O)=C1C(=O)[C@]3(O)C(O)=C(C(N)=O)C(=O)C[C@@H]3C[C@@H]1C2. The van der Waals surface area contributed by atoms with Gasteiger partial charge in [0.15, 0.2) is 39.9 Å². The van der Waals surface area contributed by atoms with Gasteiger partial charge in [0.05, 0.1) is 11.1 Å². The molecule has 0 bridgehead atoms. The molecule has 97 heavy (non-hydrogen) atoms. The Kier molecular flexibility index (Phi) is 17.0. The predicted molar refractivity (Wildman–Crippen MR) is 334 cm³/mol. The Labute approximate surface area is 549 Å². The number of phenolic OH excluding ortho intramolecular Hbond substituents is 1. The second kappa shape index (κ2) is 23.6. The van der Waals surface area contributed by atoms with E-state index in [1.165, 1.54) is 17.0 Å². The Balaban J connectivity index is 0.000000159. The molecule has 9 aliphatic rings. The van der Waals surface area contributed by atoms with Gasteiger partial charge in [-0.05, 0) is 116 Å². The molecule has 516 valence electrons. The number of anilines is 3. The van der Waals surface area contributed by atoms with Crippen molar-refractivity contribution in [3.8, 4) is 11.5 Å². The first-order valence-electron chi connectivity index (χ1n) is 30.0. The fourth-order valence-corrected chi connectivity index (χ4v) is 16.0. The number of hydrogen-bond donors (Lipinski definition) is 13. The lowest BCUT2D eigenvalue weighted by molar-refractivity contribution is -0.148. The van der Waals surface area contributed by atoms with Crippen molar-refractivity contribution in [2.24, 2.45) is 52.7 Å². The number of aromatic hydroxyl groups is 1. The number of halogens is 3. The molecule has 3 fully saturated rings. The van der Waals surface area contributed by atoms with Gasteiger partial charge < -0.3 is 87.1 Å². The molecule has 0 unspecified atom stereocenters. The maximum atomic E-state index is 13.5. The maximum absolute atomic E-state index is 13.5. The van der Waals surface area contributed by atoms with Gasteiger partial charge in [-0.1, -0.05) is 6.07 Å². The number of phenols is 1. The Hall–Kier alpha value is -10.1. The highest BCUT2D eigenvalue weighted by molar-refractivity contribution is 7.88. The summed E-state index contributed by atoms with van der Waals surface area (Å²) in [4.78, 5) is 118. The van der Waals surface area contributed by atoms with Gasteiger partial charge in [-0.15, -0.1) is 0 Å². The van der Waals surface area contributed by atoms with Crippen molar-refractivity contribution < 1.29 is 120 Å². The van der Waals surface area contributed by atoms with E-state index in [-0.39, 0.29) is 78.7 Å². The van der Waals surface area contributed by atoms with Crippen LogP contribution in [-0.4, -0.2) is 177 Å². The van der Waals surface area contributed by atoms with Crippen LogP contribution < -0.4 is 36.1 Å². The molecule has 9 atom stereocenters. The molecule has 3 amide bonds. The van der Waals surface area contributed by atoms with Crippen LogP contribution in [0.4, 0.5) is 30.2 Å². The zero-order chi connectivity index (χ0) is 72.1. The van der Waals surface area contributed by atoms with Crippen LogP contribution >= 0.6 is 0 Å². The van der Waals surface area contributed by atoms with Crippen molar-refractivity contribution in [1.29, 1.82) is 0 Å². The molecular weight excluding hydrogens is 1310 g/mol. The van der Waals surface area contributed by atoms with Crippen LogP contribution in [0.3, 0.4) is 0 Å². The molecule has 0 aliphatic heterocycles. The van der Waals surface area contributed by atoms with Crippen LogP contribution in [0.15, 0.2) is 87.1 Å². The molecule has 0 spiro atoms. The third-order valence-electron chi connectivity index (χ3n) is 19.9. The molecule has 28 nitrogen and oxygen atoms in total. The Bertz CT molecular complexity index is 4310. The Morgan fingerprint density at radius 1 is 0.485 bits per heavy atom. The topological polar surface area (TPSA) is 487 Å². The number of primary amides is 3. The first-order chi connectivity index (χ1) is 44.9.